The number of fused-ring (bicyclic) bond motifs is 1. The summed E-state index contributed by atoms with van der Waals surface area (Å²) in [5, 5.41) is 14.0. The largest absolute Gasteiger partial charge is 0.493 e. The first-order valence-electron chi connectivity index (χ1n) is 13.2. The molecule has 5 rings (SSSR count). The fourth-order valence-electron chi connectivity index (χ4n) is 4.57. The lowest BCUT2D eigenvalue weighted by molar-refractivity contribution is 0.0357. The molecule has 206 valence electrons. The van der Waals surface area contributed by atoms with Gasteiger partial charge in [-0.1, -0.05) is 12.1 Å². The van der Waals surface area contributed by atoms with E-state index in [2.05, 4.69) is 21.3 Å². The number of nitrogens with one attached hydrogen (secondary N) is 1. The molecule has 1 aromatic heterocycles. The smallest absolute Gasteiger partial charge is 0.169 e. The third kappa shape index (κ3) is 6.37. The number of aromatic nitrogens is 1. The molecule has 0 bridgehead atoms. The average Bonchev–Trinajstić information content (AvgIpc) is 3.00. The Labute approximate surface area is 233 Å². The molecule has 1 N–H and O–H groups in total. The van der Waals surface area contributed by atoms with Crippen LogP contribution in [0.3, 0.4) is 0 Å². The van der Waals surface area contributed by atoms with Crippen LogP contribution in [0.1, 0.15) is 12.0 Å². The monoisotopic (exact) mass is 540 g/mol. The first-order chi connectivity index (χ1) is 19.7. The minimum absolute atomic E-state index is 0.420. The molecule has 3 aromatic carbocycles. The minimum atomic E-state index is 0.420. The summed E-state index contributed by atoms with van der Waals surface area (Å²) in [5.74, 6) is 3.15. The molecule has 0 atom stereocenters. The molecule has 0 aliphatic carbocycles. The molecule has 1 aliphatic rings. The maximum Gasteiger partial charge on any atom is 0.169 e. The molecule has 1 saturated heterocycles. The summed E-state index contributed by atoms with van der Waals surface area (Å²) in [6, 6.07) is 20.9. The summed E-state index contributed by atoms with van der Waals surface area (Å²) >= 11 is 0. The molecule has 0 amide bonds. The van der Waals surface area contributed by atoms with E-state index in [0.29, 0.717) is 52.1 Å². The van der Waals surface area contributed by atoms with Crippen molar-refractivity contribution >= 4 is 22.3 Å². The topological polar surface area (TPSA) is 98.1 Å². The molecule has 9 heteroatoms. The SMILES string of the molecule is COc1cc2c(Nc3ccc(Oc4ccccc4OC)cc3)c(C#N)cnc2cc1OCCCN1CCOCC1. The van der Waals surface area contributed by atoms with Crippen LogP contribution in [0.2, 0.25) is 0 Å². The van der Waals surface area contributed by atoms with Crippen molar-refractivity contribution in [2.24, 2.45) is 0 Å². The van der Waals surface area contributed by atoms with E-state index < -0.39 is 0 Å². The van der Waals surface area contributed by atoms with Crippen LogP contribution >= 0.6 is 0 Å². The van der Waals surface area contributed by atoms with Gasteiger partial charge < -0.3 is 29.0 Å². The summed E-state index contributed by atoms with van der Waals surface area (Å²) in [4.78, 5) is 6.90. The number of morpholine rings is 1. The number of nitrogens with zero attached hydrogens (tertiary/aromatic N) is 3. The van der Waals surface area contributed by atoms with E-state index >= 15 is 0 Å². The Bertz CT molecular complexity index is 1480. The Balaban J connectivity index is 1.32. The summed E-state index contributed by atoms with van der Waals surface area (Å²) in [7, 11) is 3.22. The van der Waals surface area contributed by atoms with E-state index in [1.54, 1.807) is 20.4 Å². The zero-order valence-electron chi connectivity index (χ0n) is 22.7. The Morgan fingerprint density at radius 1 is 0.950 bits per heavy atom. The molecule has 4 aromatic rings. The molecule has 2 heterocycles. The van der Waals surface area contributed by atoms with Gasteiger partial charge in [0.2, 0.25) is 0 Å². The van der Waals surface area contributed by atoms with Gasteiger partial charge in [-0.05, 0) is 48.9 Å². The van der Waals surface area contributed by atoms with Gasteiger partial charge >= 0.3 is 0 Å². The molecule has 0 spiro atoms. The molecular weight excluding hydrogens is 508 g/mol. The highest BCUT2D eigenvalue weighted by atomic mass is 16.5. The van der Waals surface area contributed by atoms with E-state index in [0.717, 1.165) is 50.3 Å². The Morgan fingerprint density at radius 2 is 1.70 bits per heavy atom. The van der Waals surface area contributed by atoms with Crippen molar-refractivity contribution in [2.45, 2.75) is 6.42 Å². The Hall–Kier alpha value is -4.52. The predicted octanol–water partition coefficient (Wildman–Crippen LogP) is 5.76. The maximum atomic E-state index is 9.82. The number of methoxy groups -OCH3 is 2. The zero-order chi connectivity index (χ0) is 27.7. The normalized spacial score (nSPS) is 13.4. The molecular formula is C31H32N4O5. The van der Waals surface area contributed by atoms with Gasteiger partial charge in [-0.25, -0.2) is 0 Å². The number of ether oxygens (including phenoxy) is 5. The van der Waals surface area contributed by atoms with Crippen LogP contribution in [0, 0.1) is 11.3 Å². The van der Waals surface area contributed by atoms with Crippen LogP contribution in [-0.2, 0) is 4.74 Å². The lowest BCUT2D eigenvalue weighted by Gasteiger charge is -2.26. The van der Waals surface area contributed by atoms with Crippen molar-refractivity contribution in [3.8, 4) is 34.8 Å². The van der Waals surface area contributed by atoms with E-state index in [-0.39, 0.29) is 0 Å². The van der Waals surface area contributed by atoms with Crippen molar-refractivity contribution in [2.75, 3.05) is 59.0 Å². The molecule has 0 unspecified atom stereocenters. The number of rotatable bonds is 11. The molecule has 9 nitrogen and oxygen atoms in total. The first kappa shape index (κ1) is 27.1. The minimum Gasteiger partial charge on any atom is -0.493 e. The number of hydrogen-bond acceptors (Lipinski definition) is 9. The van der Waals surface area contributed by atoms with Gasteiger partial charge in [0.15, 0.2) is 23.0 Å². The van der Waals surface area contributed by atoms with Gasteiger partial charge in [0.05, 0.1) is 50.8 Å². The van der Waals surface area contributed by atoms with Crippen molar-refractivity contribution in [3.05, 3.63) is 72.4 Å². The number of nitriles is 1. The highest BCUT2D eigenvalue weighted by molar-refractivity contribution is 5.97. The summed E-state index contributed by atoms with van der Waals surface area (Å²) in [5.41, 5.74) is 2.55. The number of anilines is 2. The second kappa shape index (κ2) is 13.0. The second-order valence-electron chi connectivity index (χ2n) is 9.24. The van der Waals surface area contributed by atoms with Crippen LogP contribution in [0.25, 0.3) is 10.9 Å². The van der Waals surface area contributed by atoms with E-state index in [1.165, 1.54) is 0 Å². The van der Waals surface area contributed by atoms with Crippen LogP contribution in [0.5, 0.6) is 28.7 Å². The lowest BCUT2D eigenvalue weighted by atomic mass is 10.1. The zero-order valence-corrected chi connectivity index (χ0v) is 22.7. The van der Waals surface area contributed by atoms with Crippen LogP contribution < -0.4 is 24.3 Å². The Kier molecular flexibility index (Phi) is 8.81. The average molecular weight is 541 g/mol. The van der Waals surface area contributed by atoms with Gasteiger partial charge in [-0.3, -0.25) is 9.88 Å². The van der Waals surface area contributed by atoms with Crippen LogP contribution in [0.4, 0.5) is 11.4 Å². The lowest BCUT2D eigenvalue weighted by Crippen LogP contribution is -2.37. The Morgan fingerprint density at radius 3 is 2.42 bits per heavy atom. The van der Waals surface area contributed by atoms with Gasteiger partial charge in [-0.2, -0.15) is 5.26 Å². The van der Waals surface area contributed by atoms with Crippen LogP contribution in [0.15, 0.2) is 66.9 Å². The maximum absolute atomic E-state index is 9.82. The summed E-state index contributed by atoms with van der Waals surface area (Å²) < 4.78 is 28.5. The quantitative estimate of drug-likeness (QED) is 0.238. The highest BCUT2D eigenvalue weighted by Gasteiger charge is 2.16. The van der Waals surface area contributed by atoms with E-state index in [1.807, 2.05) is 60.7 Å². The number of benzene rings is 3. The summed E-state index contributed by atoms with van der Waals surface area (Å²) in [6.07, 6.45) is 2.46. The molecule has 0 saturated carbocycles. The fraction of sp³-hybridized carbons (Fsp3) is 0.290. The number of pyridine rings is 1. The fourth-order valence-corrected chi connectivity index (χ4v) is 4.57. The van der Waals surface area contributed by atoms with Crippen molar-refractivity contribution in [1.82, 2.24) is 9.88 Å². The van der Waals surface area contributed by atoms with Crippen molar-refractivity contribution in [1.29, 1.82) is 5.26 Å². The molecule has 0 radical (unpaired) electrons. The molecule has 40 heavy (non-hydrogen) atoms. The van der Waals surface area contributed by atoms with Gasteiger partial charge in [-0.15, -0.1) is 0 Å². The van der Waals surface area contributed by atoms with E-state index in [4.69, 9.17) is 23.7 Å². The van der Waals surface area contributed by atoms with E-state index in [9.17, 15) is 5.26 Å². The van der Waals surface area contributed by atoms with Gasteiger partial charge in [0.1, 0.15) is 11.8 Å². The number of hydrogen-bond donors (Lipinski definition) is 1. The molecule has 1 fully saturated rings. The third-order valence-corrected chi connectivity index (χ3v) is 6.67. The second-order valence-corrected chi connectivity index (χ2v) is 9.24. The van der Waals surface area contributed by atoms with Gasteiger partial charge in [0.25, 0.3) is 0 Å². The molecule has 1 aliphatic heterocycles. The van der Waals surface area contributed by atoms with Crippen molar-refractivity contribution in [3.63, 3.8) is 0 Å². The number of para-hydroxylation sites is 2. The predicted molar refractivity (Wildman–Crippen MR) is 153 cm³/mol. The van der Waals surface area contributed by atoms with Gasteiger partial charge in [0, 0.05) is 43.0 Å². The summed E-state index contributed by atoms with van der Waals surface area (Å²) in [6.45, 7) is 5.00. The van der Waals surface area contributed by atoms with Crippen molar-refractivity contribution < 1.29 is 23.7 Å². The van der Waals surface area contributed by atoms with Crippen LogP contribution in [-0.4, -0.2) is 63.6 Å². The highest BCUT2D eigenvalue weighted by Crippen LogP contribution is 2.38. The standard InChI is InChI=1S/C31H32N4O5/c1-36-27-6-3-4-7-28(27)40-24-10-8-23(9-11-24)34-31-22(20-32)21-33-26-19-30(29(37-2)18-25(26)31)39-15-5-12-35-13-16-38-17-14-35/h3-4,6-11,18-19,21H,5,12-17H2,1-2H3,(H,33,34). The first-order valence-corrected chi connectivity index (χ1v) is 13.2. The third-order valence-electron chi connectivity index (χ3n) is 6.67.